The molecule has 0 bridgehead atoms. The molecule has 27 heavy (non-hydrogen) atoms. The van der Waals surface area contributed by atoms with E-state index in [2.05, 4.69) is 10.1 Å². The Kier molecular flexibility index (Phi) is 5.46. The molecule has 1 amide bonds. The highest BCUT2D eigenvalue weighted by atomic mass is 32.2. The van der Waals surface area contributed by atoms with Gasteiger partial charge in [0, 0.05) is 5.69 Å². The third-order valence-corrected chi connectivity index (χ3v) is 7.25. The van der Waals surface area contributed by atoms with Gasteiger partial charge in [-0.3, -0.25) is 4.79 Å². The van der Waals surface area contributed by atoms with Crippen molar-refractivity contribution in [2.75, 3.05) is 5.32 Å². The van der Waals surface area contributed by atoms with Crippen molar-refractivity contribution in [3.05, 3.63) is 54.6 Å². The number of halogens is 2. The predicted molar refractivity (Wildman–Crippen MR) is 96.5 cm³/mol. The summed E-state index contributed by atoms with van der Waals surface area (Å²) in [6.45, 7) is -2.94. The standard InChI is InChI=1S/C19H19F2NO4S/c20-18(21)26-15-10-8-14(9-11-15)22-17(23)19(12-4-5-13-19)27(24,25)16-6-2-1-3-7-16/h1-3,6-11,18H,4-5,12-13H2,(H,22,23). The number of sulfone groups is 1. The topological polar surface area (TPSA) is 72.5 Å². The van der Waals surface area contributed by atoms with Crippen molar-refractivity contribution >= 4 is 21.4 Å². The van der Waals surface area contributed by atoms with Gasteiger partial charge in [-0.1, -0.05) is 31.0 Å². The van der Waals surface area contributed by atoms with Gasteiger partial charge in [-0.2, -0.15) is 8.78 Å². The fourth-order valence-corrected chi connectivity index (χ4v) is 5.44. The number of hydrogen-bond donors (Lipinski definition) is 1. The smallest absolute Gasteiger partial charge is 0.387 e. The fraction of sp³-hybridized carbons (Fsp3) is 0.316. The lowest BCUT2D eigenvalue weighted by atomic mass is 10.1. The maximum absolute atomic E-state index is 13.2. The molecule has 8 heteroatoms. The van der Waals surface area contributed by atoms with Crippen LogP contribution in [-0.4, -0.2) is 25.7 Å². The van der Waals surface area contributed by atoms with Gasteiger partial charge in [0.1, 0.15) is 5.75 Å². The van der Waals surface area contributed by atoms with Gasteiger partial charge in [0.05, 0.1) is 4.90 Å². The summed E-state index contributed by atoms with van der Waals surface area (Å²) in [6, 6.07) is 13.3. The average molecular weight is 395 g/mol. The van der Waals surface area contributed by atoms with E-state index in [9.17, 15) is 22.0 Å². The highest BCUT2D eigenvalue weighted by molar-refractivity contribution is 7.93. The first kappa shape index (κ1) is 19.3. The van der Waals surface area contributed by atoms with Crippen molar-refractivity contribution < 1.29 is 26.7 Å². The number of alkyl halides is 2. The zero-order chi connectivity index (χ0) is 19.5. The first-order valence-electron chi connectivity index (χ1n) is 8.51. The lowest BCUT2D eigenvalue weighted by Gasteiger charge is -2.27. The first-order valence-corrected chi connectivity index (χ1v) is 9.99. The van der Waals surface area contributed by atoms with Crippen LogP contribution in [0.5, 0.6) is 5.75 Å². The lowest BCUT2D eigenvalue weighted by molar-refractivity contribution is -0.118. The first-order chi connectivity index (χ1) is 12.8. The van der Waals surface area contributed by atoms with Crippen molar-refractivity contribution in [2.45, 2.75) is 41.9 Å². The summed E-state index contributed by atoms with van der Waals surface area (Å²) in [6.07, 6.45) is 1.76. The minimum absolute atomic E-state index is 0.0458. The van der Waals surface area contributed by atoms with E-state index in [0.717, 1.165) is 0 Å². The van der Waals surface area contributed by atoms with E-state index < -0.39 is 27.1 Å². The summed E-state index contributed by atoms with van der Waals surface area (Å²) in [7, 11) is -3.88. The molecule has 144 valence electrons. The van der Waals surface area contributed by atoms with Crippen molar-refractivity contribution in [2.24, 2.45) is 0 Å². The van der Waals surface area contributed by atoms with E-state index in [1.165, 1.54) is 36.4 Å². The molecule has 3 rings (SSSR count). The SMILES string of the molecule is O=C(Nc1ccc(OC(F)F)cc1)C1(S(=O)(=O)c2ccccc2)CCCC1. The molecule has 0 unspecified atom stereocenters. The minimum atomic E-state index is -3.88. The Morgan fingerprint density at radius 2 is 1.59 bits per heavy atom. The molecule has 1 N–H and O–H groups in total. The fourth-order valence-electron chi connectivity index (χ4n) is 3.35. The minimum Gasteiger partial charge on any atom is -0.435 e. The van der Waals surface area contributed by atoms with Gasteiger partial charge in [0.15, 0.2) is 14.6 Å². The maximum Gasteiger partial charge on any atom is 0.387 e. The highest BCUT2D eigenvalue weighted by Crippen LogP contribution is 2.41. The average Bonchev–Trinajstić information content (AvgIpc) is 3.15. The largest absolute Gasteiger partial charge is 0.435 e. The molecule has 0 atom stereocenters. The summed E-state index contributed by atoms with van der Waals surface area (Å²) < 4.78 is 53.6. The Balaban J connectivity index is 1.86. The molecule has 2 aromatic rings. The van der Waals surface area contributed by atoms with Crippen LogP contribution < -0.4 is 10.1 Å². The number of ether oxygens (including phenoxy) is 1. The van der Waals surface area contributed by atoms with Crippen LogP contribution in [0.1, 0.15) is 25.7 Å². The van der Waals surface area contributed by atoms with E-state index in [-0.39, 0.29) is 23.5 Å². The Morgan fingerprint density at radius 1 is 1.00 bits per heavy atom. The number of anilines is 1. The van der Waals surface area contributed by atoms with Crippen LogP contribution in [0.25, 0.3) is 0 Å². The Hall–Kier alpha value is -2.48. The Bertz CT molecular complexity index is 893. The molecule has 1 aliphatic rings. The highest BCUT2D eigenvalue weighted by Gasteiger charge is 2.52. The van der Waals surface area contributed by atoms with Gasteiger partial charge in [-0.15, -0.1) is 0 Å². The van der Waals surface area contributed by atoms with Crippen molar-refractivity contribution in [1.82, 2.24) is 0 Å². The zero-order valence-electron chi connectivity index (χ0n) is 14.4. The molecule has 1 aliphatic carbocycles. The van der Waals surface area contributed by atoms with Crippen LogP contribution in [0.2, 0.25) is 0 Å². The molecule has 1 saturated carbocycles. The predicted octanol–water partition coefficient (Wildman–Crippen LogP) is 4.01. The van der Waals surface area contributed by atoms with E-state index in [4.69, 9.17) is 0 Å². The van der Waals surface area contributed by atoms with Gasteiger partial charge < -0.3 is 10.1 Å². The number of nitrogens with one attached hydrogen (secondary N) is 1. The molecular formula is C19H19F2NO4S. The number of carbonyl (C=O) groups is 1. The maximum atomic E-state index is 13.2. The van der Waals surface area contributed by atoms with Gasteiger partial charge in [0.25, 0.3) is 0 Å². The van der Waals surface area contributed by atoms with Gasteiger partial charge >= 0.3 is 6.61 Å². The molecule has 2 aromatic carbocycles. The Morgan fingerprint density at radius 3 is 2.15 bits per heavy atom. The number of amides is 1. The molecular weight excluding hydrogens is 376 g/mol. The summed E-state index contributed by atoms with van der Waals surface area (Å²) in [5.41, 5.74) is 0.316. The summed E-state index contributed by atoms with van der Waals surface area (Å²) in [4.78, 5) is 13.1. The monoisotopic (exact) mass is 395 g/mol. The van der Waals surface area contributed by atoms with Crippen molar-refractivity contribution in [3.8, 4) is 5.75 Å². The van der Waals surface area contributed by atoms with E-state index in [1.54, 1.807) is 18.2 Å². The number of rotatable bonds is 6. The summed E-state index contributed by atoms with van der Waals surface area (Å²) in [5.74, 6) is -0.651. The van der Waals surface area contributed by atoms with Crippen LogP contribution >= 0.6 is 0 Å². The number of carbonyl (C=O) groups excluding carboxylic acids is 1. The zero-order valence-corrected chi connectivity index (χ0v) is 15.2. The Labute approximate surface area is 156 Å². The van der Waals surface area contributed by atoms with Crippen molar-refractivity contribution in [1.29, 1.82) is 0 Å². The van der Waals surface area contributed by atoms with Gasteiger partial charge in [-0.25, -0.2) is 8.42 Å². The summed E-state index contributed by atoms with van der Waals surface area (Å²) in [5, 5.41) is 2.62. The van der Waals surface area contributed by atoms with Crippen LogP contribution in [0.3, 0.4) is 0 Å². The molecule has 0 radical (unpaired) electrons. The molecule has 0 saturated heterocycles. The molecule has 0 aromatic heterocycles. The number of hydrogen-bond acceptors (Lipinski definition) is 4. The van der Waals surface area contributed by atoms with Crippen LogP contribution in [-0.2, 0) is 14.6 Å². The second-order valence-electron chi connectivity index (χ2n) is 6.37. The molecule has 0 spiro atoms. The lowest BCUT2D eigenvalue weighted by Crippen LogP contribution is -2.47. The molecule has 5 nitrogen and oxygen atoms in total. The van der Waals surface area contributed by atoms with Crippen molar-refractivity contribution in [3.63, 3.8) is 0 Å². The second-order valence-corrected chi connectivity index (χ2v) is 8.63. The third kappa shape index (κ3) is 3.80. The van der Waals surface area contributed by atoms with Crippen LogP contribution in [0, 0.1) is 0 Å². The van der Waals surface area contributed by atoms with E-state index >= 15 is 0 Å². The van der Waals surface area contributed by atoms with Gasteiger partial charge in [-0.05, 0) is 49.2 Å². The summed E-state index contributed by atoms with van der Waals surface area (Å²) >= 11 is 0. The van der Waals surface area contributed by atoms with Crippen LogP contribution in [0.15, 0.2) is 59.5 Å². The van der Waals surface area contributed by atoms with E-state index in [1.807, 2.05) is 0 Å². The van der Waals surface area contributed by atoms with Gasteiger partial charge in [0.2, 0.25) is 5.91 Å². The van der Waals surface area contributed by atoms with Crippen LogP contribution in [0.4, 0.5) is 14.5 Å². The quantitative estimate of drug-likeness (QED) is 0.802. The molecule has 0 heterocycles. The number of benzene rings is 2. The second kappa shape index (κ2) is 7.64. The van der Waals surface area contributed by atoms with E-state index in [0.29, 0.717) is 18.5 Å². The normalized spacial score (nSPS) is 16.3. The molecule has 0 aliphatic heterocycles. The molecule has 1 fully saturated rings. The third-order valence-electron chi connectivity index (χ3n) is 4.73.